The van der Waals surface area contributed by atoms with E-state index >= 15 is 0 Å². The van der Waals surface area contributed by atoms with Gasteiger partial charge in [-0.25, -0.2) is 0 Å². The van der Waals surface area contributed by atoms with Crippen LogP contribution in [-0.2, 0) is 6.54 Å². The predicted molar refractivity (Wildman–Crippen MR) is 99.7 cm³/mol. The van der Waals surface area contributed by atoms with Gasteiger partial charge in [-0.1, -0.05) is 18.2 Å². The minimum atomic E-state index is 0. The summed E-state index contributed by atoms with van der Waals surface area (Å²) < 4.78 is 5.29. The Balaban J connectivity index is 0.00000192. The summed E-state index contributed by atoms with van der Waals surface area (Å²) in [5, 5.41) is 6.02. The molecule has 3 rings (SSSR count). The molecule has 0 aliphatic carbocycles. The summed E-state index contributed by atoms with van der Waals surface area (Å²) in [5.74, 6) is 0.920. The van der Waals surface area contributed by atoms with Crippen LogP contribution < -0.4 is 10.1 Å². The fourth-order valence-corrected chi connectivity index (χ4v) is 3.36. The average molecular weight is 335 g/mol. The SMILES string of the molecule is COc1ccc2cc(CN(C)C3CCCNCC3)ccc2c1.Cl. The molecule has 126 valence electrons. The second-order valence-electron chi connectivity index (χ2n) is 6.30. The summed E-state index contributed by atoms with van der Waals surface area (Å²) in [6, 6.07) is 13.7. The summed E-state index contributed by atoms with van der Waals surface area (Å²) in [7, 11) is 3.97. The molecule has 0 amide bonds. The lowest BCUT2D eigenvalue weighted by Gasteiger charge is -2.27. The van der Waals surface area contributed by atoms with Gasteiger partial charge < -0.3 is 10.1 Å². The van der Waals surface area contributed by atoms with E-state index in [2.05, 4.69) is 47.6 Å². The summed E-state index contributed by atoms with van der Waals surface area (Å²) >= 11 is 0. The Morgan fingerprint density at radius 1 is 1.09 bits per heavy atom. The topological polar surface area (TPSA) is 24.5 Å². The maximum atomic E-state index is 5.29. The van der Waals surface area contributed by atoms with Crippen molar-refractivity contribution in [3.05, 3.63) is 42.0 Å². The van der Waals surface area contributed by atoms with Crippen LogP contribution >= 0.6 is 12.4 Å². The van der Waals surface area contributed by atoms with E-state index in [-0.39, 0.29) is 12.4 Å². The molecule has 23 heavy (non-hydrogen) atoms. The molecule has 0 spiro atoms. The molecule has 1 N–H and O–H groups in total. The minimum absolute atomic E-state index is 0. The molecule has 2 aromatic carbocycles. The molecular formula is C19H27ClN2O. The van der Waals surface area contributed by atoms with Gasteiger partial charge in [0, 0.05) is 12.6 Å². The first-order valence-electron chi connectivity index (χ1n) is 8.24. The molecule has 0 aromatic heterocycles. The van der Waals surface area contributed by atoms with Gasteiger partial charge in [0.25, 0.3) is 0 Å². The van der Waals surface area contributed by atoms with Crippen molar-refractivity contribution in [1.29, 1.82) is 0 Å². The highest BCUT2D eigenvalue weighted by Gasteiger charge is 2.16. The van der Waals surface area contributed by atoms with Gasteiger partial charge in [0.1, 0.15) is 5.75 Å². The van der Waals surface area contributed by atoms with E-state index in [1.165, 1.54) is 42.1 Å². The number of ether oxygens (including phenoxy) is 1. The second-order valence-corrected chi connectivity index (χ2v) is 6.30. The lowest BCUT2D eigenvalue weighted by molar-refractivity contribution is 0.216. The molecule has 4 heteroatoms. The summed E-state index contributed by atoms with van der Waals surface area (Å²) in [6.07, 6.45) is 3.84. The molecule has 0 saturated carbocycles. The zero-order valence-corrected chi connectivity index (χ0v) is 14.9. The number of hydrogen-bond donors (Lipinski definition) is 1. The number of methoxy groups -OCH3 is 1. The monoisotopic (exact) mass is 334 g/mol. The highest BCUT2D eigenvalue weighted by Crippen LogP contribution is 2.23. The summed E-state index contributed by atoms with van der Waals surface area (Å²) in [5.41, 5.74) is 1.39. The molecular weight excluding hydrogens is 308 g/mol. The van der Waals surface area contributed by atoms with Crippen LogP contribution in [0.25, 0.3) is 10.8 Å². The fraction of sp³-hybridized carbons (Fsp3) is 0.474. The van der Waals surface area contributed by atoms with Gasteiger partial charge in [0.05, 0.1) is 7.11 Å². The van der Waals surface area contributed by atoms with E-state index in [0.717, 1.165) is 18.8 Å². The maximum absolute atomic E-state index is 5.29. The van der Waals surface area contributed by atoms with Crippen molar-refractivity contribution >= 4 is 23.2 Å². The first kappa shape index (κ1) is 18.1. The van der Waals surface area contributed by atoms with Crippen molar-refractivity contribution in [2.45, 2.75) is 31.8 Å². The number of fused-ring (bicyclic) bond motifs is 1. The van der Waals surface area contributed by atoms with Crippen LogP contribution in [0, 0.1) is 0 Å². The minimum Gasteiger partial charge on any atom is -0.497 e. The van der Waals surface area contributed by atoms with Gasteiger partial charge in [0.15, 0.2) is 0 Å². The molecule has 0 radical (unpaired) electrons. The van der Waals surface area contributed by atoms with E-state index in [0.29, 0.717) is 6.04 Å². The van der Waals surface area contributed by atoms with E-state index in [9.17, 15) is 0 Å². The molecule has 1 atom stereocenters. The standard InChI is InChI=1S/C19H26N2O.ClH/c1-21(18-4-3-10-20-11-9-18)14-15-5-6-17-13-19(22-2)8-7-16(17)12-15;/h5-8,12-13,18,20H,3-4,9-11,14H2,1-2H3;1H. The molecule has 1 aliphatic rings. The number of rotatable bonds is 4. The fourth-order valence-electron chi connectivity index (χ4n) is 3.36. The Bertz CT molecular complexity index is 624. The summed E-state index contributed by atoms with van der Waals surface area (Å²) in [4.78, 5) is 2.51. The Hall–Kier alpha value is -1.29. The van der Waals surface area contributed by atoms with Crippen LogP contribution in [0.3, 0.4) is 0 Å². The lowest BCUT2D eigenvalue weighted by atomic mass is 10.0. The first-order chi connectivity index (χ1) is 10.8. The lowest BCUT2D eigenvalue weighted by Crippen LogP contribution is -2.31. The van der Waals surface area contributed by atoms with Crippen molar-refractivity contribution in [2.24, 2.45) is 0 Å². The van der Waals surface area contributed by atoms with Crippen molar-refractivity contribution in [3.8, 4) is 5.75 Å². The van der Waals surface area contributed by atoms with Crippen LogP contribution in [0.4, 0.5) is 0 Å². The van der Waals surface area contributed by atoms with Crippen molar-refractivity contribution < 1.29 is 4.74 Å². The molecule has 0 bridgehead atoms. The van der Waals surface area contributed by atoms with Gasteiger partial charge in [-0.3, -0.25) is 4.90 Å². The van der Waals surface area contributed by atoms with Crippen molar-refractivity contribution in [3.63, 3.8) is 0 Å². The van der Waals surface area contributed by atoms with E-state index in [4.69, 9.17) is 4.74 Å². The summed E-state index contributed by atoms with van der Waals surface area (Å²) in [6.45, 7) is 3.33. The Morgan fingerprint density at radius 2 is 1.87 bits per heavy atom. The molecule has 1 heterocycles. The van der Waals surface area contributed by atoms with E-state index < -0.39 is 0 Å². The normalized spacial score (nSPS) is 18.5. The van der Waals surface area contributed by atoms with Gasteiger partial charge in [-0.05, 0) is 73.9 Å². The Morgan fingerprint density at radius 3 is 2.70 bits per heavy atom. The van der Waals surface area contributed by atoms with Gasteiger partial charge >= 0.3 is 0 Å². The number of halogens is 1. The third-order valence-corrected chi connectivity index (χ3v) is 4.71. The quantitative estimate of drug-likeness (QED) is 0.919. The average Bonchev–Trinajstić information content (AvgIpc) is 2.83. The van der Waals surface area contributed by atoms with Gasteiger partial charge in [-0.15, -0.1) is 12.4 Å². The molecule has 1 aliphatic heterocycles. The Labute approximate surface area is 145 Å². The highest BCUT2D eigenvalue weighted by molar-refractivity contribution is 5.85. The predicted octanol–water partition coefficient (Wildman–Crippen LogP) is 3.84. The maximum Gasteiger partial charge on any atom is 0.119 e. The number of hydrogen-bond acceptors (Lipinski definition) is 3. The number of nitrogens with zero attached hydrogens (tertiary/aromatic N) is 1. The van der Waals surface area contributed by atoms with Gasteiger partial charge in [0.2, 0.25) is 0 Å². The van der Waals surface area contributed by atoms with Crippen molar-refractivity contribution in [2.75, 3.05) is 27.2 Å². The molecule has 1 fully saturated rings. The van der Waals surface area contributed by atoms with Crippen LogP contribution in [0.5, 0.6) is 5.75 Å². The zero-order chi connectivity index (χ0) is 15.4. The molecule has 2 aromatic rings. The van der Waals surface area contributed by atoms with Crippen LogP contribution in [0.1, 0.15) is 24.8 Å². The number of nitrogens with one attached hydrogen (secondary N) is 1. The van der Waals surface area contributed by atoms with Crippen molar-refractivity contribution in [1.82, 2.24) is 10.2 Å². The second kappa shape index (κ2) is 8.53. The zero-order valence-electron chi connectivity index (χ0n) is 14.0. The van der Waals surface area contributed by atoms with E-state index in [1.54, 1.807) is 7.11 Å². The largest absolute Gasteiger partial charge is 0.497 e. The molecule has 3 nitrogen and oxygen atoms in total. The third-order valence-electron chi connectivity index (χ3n) is 4.71. The van der Waals surface area contributed by atoms with Crippen LogP contribution in [0.15, 0.2) is 36.4 Å². The molecule has 1 saturated heterocycles. The van der Waals surface area contributed by atoms with Crippen LogP contribution in [0.2, 0.25) is 0 Å². The highest BCUT2D eigenvalue weighted by atomic mass is 35.5. The van der Waals surface area contributed by atoms with Crippen LogP contribution in [-0.4, -0.2) is 38.2 Å². The first-order valence-corrected chi connectivity index (χ1v) is 8.24. The molecule has 1 unspecified atom stereocenters. The Kier molecular flexibility index (Phi) is 6.70. The van der Waals surface area contributed by atoms with Gasteiger partial charge in [-0.2, -0.15) is 0 Å². The smallest absolute Gasteiger partial charge is 0.119 e. The van der Waals surface area contributed by atoms with E-state index in [1.807, 2.05) is 6.07 Å². The number of benzene rings is 2. The third kappa shape index (κ3) is 4.60.